The van der Waals surface area contributed by atoms with Crippen LogP contribution in [0.3, 0.4) is 0 Å². The van der Waals surface area contributed by atoms with Crippen LogP contribution >= 0.6 is 0 Å². The predicted molar refractivity (Wildman–Crippen MR) is 116 cm³/mol. The lowest BCUT2D eigenvalue weighted by Crippen LogP contribution is -2.32. The summed E-state index contributed by atoms with van der Waals surface area (Å²) in [5.41, 5.74) is 2.88. The number of rotatable bonds is 6. The molecule has 6 nitrogen and oxygen atoms in total. The van der Waals surface area contributed by atoms with E-state index in [9.17, 15) is 14.9 Å². The van der Waals surface area contributed by atoms with E-state index in [1.165, 1.54) is 36.7 Å². The molecular formula is C23H27N3O3. The summed E-state index contributed by atoms with van der Waals surface area (Å²) in [6.45, 7) is 6.43. The number of piperidine rings is 1. The number of carbonyl (C=O) groups is 1. The van der Waals surface area contributed by atoms with E-state index in [1.807, 2.05) is 6.92 Å². The number of hydrogen-bond acceptors (Lipinski definition) is 4. The average molecular weight is 393 g/mol. The molecule has 3 rings (SSSR count). The Morgan fingerprint density at radius 3 is 2.55 bits per heavy atom. The summed E-state index contributed by atoms with van der Waals surface area (Å²) in [6, 6.07) is 14.4. The van der Waals surface area contributed by atoms with Crippen molar-refractivity contribution in [2.24, 2.45) is 5.92 Å². The zero-order chi connectivity index (χ0) is 20.8. The number of benzene rings is 2. The van der Waals surface area contributed by atoms with Crippen LogP contribution in [0.4, 0.5) is 11.4 Å². The summed E-state index contributed by atoms with van der Waals surface area (Å²) in [5, 5.41) is 13.8. The fraction of sp³-hybridized carbons (Fsp3) is 0.348. The maximum atomic E-state index is 12.2. The maximum absolute atomic E-state index is 12.2. The second-order valence-electron chi connectivity index (χ2n) is 7.68. The van der Waals surface area contributed by atoms with Crippen molar-refractivity contribution in [1.82, 2.24) is 5.32 Å². The molecule has 0 bridgehead atoms. The number of nitro groups is 1. The normalized spacial score (nSPS) is 16.0. The first-order chi connectivity index (χ1) is 13.9. The first-order valence-electron chi connectivity index (χ1n) is 10.0. The van der Waals surface area contributed by atoms with Gasteiger partial charge in [-0.05, 0) is 55.0 Å². The van der Waals surface area contributed by atoms with Crippen LogP contribution in [-0.4, -0.2) is 23.9 Å². The van der Waals surface area contributed by atoms with Crippen molar-refractivity contribution < 1.29 is 9.72 Å². The lowest BCUT2D eigenvalue weighted by atomic mass is 9.98. The molecular weight excluding hydrogens is 366 g/mol. The third-order valence-electron chi connectivity index (χ3n) is 5.41. The molecule has 1 atom stereocenters. The van der Waals surface area contributed by atoms with E-state index in [0.29, 0.717) is 5.56 Å². The van der Waals surface area contributed by atoms with Gasteiger partial charge in [0.1, 0.15) is 0 Å². The topological polar surface area (TPSA) is 75.5 Å². The summed E-state index contributed by atoms with van der Waals surface area (Å²) < 4.78 is 0. The van der Waals surface area contributed by atoms with Gasteiger partial charge in [0.2, 0.25) is 5.91 Å². The van der Waals surface area contributed by atoms with Crippen LogP contribution in [0.5, 0.6) is 0 Å². The second kappa shape index (κ2) is 9.37. The van der Waals surface area contributed by atoms with E-state index in [4.69, 9.17) is 0 Å². The zero-order valence-electron chi connectivity index (χ0n) is 16.9. The highest BCUT2D eigenvalue weighted by Gasteiger charge is 2.16. The van der Waals surface area contributed by atoms with Crippen LogP contribution in [-0.2, 0) is 4.79 Å². The molecule has 2 aromatic rings. The highest BCUT2D eigenvalue weighted by Crippen LogP contribution is 2.24. The molecule has 0 radical (unpaired) electrons. The van der Waals surface area contributed by atoms with Gasteiger partial charge in [0.05, 0.1) is 11.0 Å². The van der Waals surface area contributed by atoms with Crippen LogP contribution in [0, 0.1) is 16.0 Å². The van der Waals surface area contributed by atoms with Gasteiger partial charge in [0.15, 0.2) is 0 Å². The minimum atomic E-state index is -0.451. The summed E-state index contributed by atoms with van der Waals surface area (Å²) in [7, 11) is 0. The van der Waals surface area contributed by atoms with Gasteiger partial charge in [0, 0.05) is 37.0 Å². The van der Waals surface area contributed by atoms with Crippen LogP contribution in [0.25, 0.3) is 6.08 Å². The minimum absolute atomic E-state index is 0.00387. The van der Waals surface area contributed by atoms with Gasteiger partial charge < -0.3 is 10.2 Å². The van der Waals surface area contributed by atoms with Crippen LogP contribution in [0.1, 0.15) is 43.9 Å². The SMILES string of the molecule is CC1CCN(c2ccc(C(C)NC(=O)/C=C/c3cccc([N+](=O)[O-])c3)cc2)CC1. The maximum Gasteiger partial charge on any atom is 0.270 e. The van der Waals surface area contributed by atoms with Gasteiger partial charge in [-0.3, -0.25) is 14.9 Å². The number of nitrogens with zero attached hydrogens (tertiary/aromatic N) is 2. The van der Waals surface area contributed by atoms with E-state index in [0.717, 1.165) is 24.6 Å². The third-order valence-corrected chi connectivity index (χ3v) is 5.41. The number of nitrogens with one attached hydrogen (secondary N) is 1. The third kappa shape index (κ3) is 5.67. The van der Waals surface area contributed by atoms with Crippen molar-refractivity contribution in [3.63, 3.8) is 0 Å². The molecule has 1 N–H and O–H groups in total. The molecule has 6 heteroatoms. The Hall–Kier alpha value is -3.15. The number of anilines is 1. The second-order valence-corrected chi connectivity index (χ2v) is 7.68. The molecule has 1 aliphatic heterocycles. The number of non-ortho nitro benzene ring substituents is 1. The van der Waals surface area contributed by atoms with E-state index in [1.54, 1.807) is 18.2 Å². The molecule has 0 aliphatic carbocycles. The number of carbonyl (C=O) groups excluding carboxylic acids is 1. The van der Waals surface area contributed by atoms with Crippen molar-refractivity contribution in [3.05, 3.63) is 75.8 Å². The fourth-order valence-corrected chi connectivity index (χ4v) is 3.50. The lowest BCUT2D eigenvalue weighted by Gasteiger charge is -2.32. The van der Waals surface area contributed by atoms with Crippen molar-refractivity contribution in [1.29, 1.82) is 0 Å². The molecule has 1 heterocycles. The Morgan fingerprint density at radius 2 is 1.90 bits per heavy atom. The van der Waals surface area contributed by atoms with Crippen molar-refractivity contribution in [3.8, 4) is 0 Å². The van der Waals surface area contributed by atoms with Crippen molar-refractivity contribution in [2.45, 2.75) is 32.7 Å². The molecule has 0 saturated carbocycles. The molecule has 1 amide bonds. The highest BCUT2D eigenvalue weighted by molar-refractivity contribution is 5.92. The van der Waals surface area contributed by atoms with E-state index in [2.05, 4.69) is 41.4 Å². The van der Waals surface area contributed by atoms with Gasteiger partial charge in [-0.2, -0.15) is 0 Å². The van der Waals surface area contributed by atoms with Crippen LogP contribution in [0.15, 0.2) is 54.6 Å². The first kappa shape index (κ1) is 20.6. The number of nitro benzene ring substituents is 1. The summed E-state index contributed by atoms with van der Waals surface area (Å²) in [6.07, 6.45) is 5.44. The average Bonchev–Trinajstić information content (AvgIpc) is 2.73. The van der Waals surface area contributed by atoms with E-state index >= 15 is 0 Å². The first-order valence-corrected chi connectivity index (χ1v) is 10.0. The van der Waals surface area contributed by atoms with Gasteiger partial charge in [-0.15, -0.1) is 0 Å². The van der Waals surface area contributed by atoms with Gasteiger partial charge >= 0.3 is 0 Å². The molecule has 29 heavy (non-hydrogen) atoms. The van der Waals surface area contributed by atoms with Crippen molar-refractivity contribution >= 4 is 23.4 Å². The molecule has 2 aromatic carbocycles. The molecule has 0 aromatic heterocycles. The molecule has 1 unspecified atom stereocenters. The van der Waals surface area contributed by atoms with Gasteiger partial charge in [-0.1, -0.05) is 31.2 Å². The molecule has 1 saturated heterocycles. The number of amides is 1. The molecule has 152 valence electrons. The Bertz CT molecular complexity index is 884. The summed E-state index contributed by atoms with van der Waals surface area (Å²) in [5.74, 6) is 0.564. The fourth-order valence-electron chi connectivity index (χ4n) is 3.50. The predicted octanol–water partition coefficient (Wildman–Crippen LogP) is 4.72. The van der Waals surface area contributed by atoms with Gasteiger partial charge in [-0.25, -0.2) is 0 Å². The largest absolute Gasteiger partial charge is 0.372 e. The monoisotopic (exact) mass is 393 g/mol. The van der Waals surface area contributed by atoms with Gasteiger partial charge in [0.25, 0.3) is 5.69 Å². The minimum Gasteiger partial charge on any atom is -0.372 e. The Kier molecular flexibility index (Phi) is 6.65. The van der Waals surface area contributed by atoms with Crippen molar-refractivity contribution in [2.75, 3.05) is 18.0 Å². The quantitative estimate of drug-likeness (QED) is 0.438. The van der Waals surface area contributed by atoms with Crippen LogP contribution < -0.4 is 10.2 Å². The Morgan fingerprint density at radius 1 is 1.21 bits per heavy atom. The lowest BCUT2D eigenvalue weighted by molar-refractivity contribution is -0.384. The molecule has 1 aliphatic rings. The Balaban J connectivity index is 1.56. The highest BCUT2D eigenvalue weighted by atomic mass is 16.6. The smallest absolute Gasteiger partial charge is 0.270 e. The molecule has 0 spiro atoms. The van der Waals surface area contributed by atoms with Crippen LogP contribution in [0.2, 0.25) is 0 Å². The summed E-state index contributed by atoms with van der Waals surface area (Å²) >= 11 is 0. The standard InChI is InChI=1S/C23H27N3O3/c1-17-12-14-25(15-13-17)21-9-7-20(8-10-21)18(2)24-23(27)11-6-19-4-3-5-22(16-19)26(28)29/h3-11,16-18H,12-15H2,1-2H3,(H,24,27)/b11-6+. The van der Waals surface area contributed by atoms with E-state index in [-0.39, 0.29) is 17.6 Å². The number of hydrogen-bond donors (Lipinski definition) is 1. The Labute approximate surface area is 171 Å². The summed E-state index contributed by atoms with van der Waals surface area (Å²) in [4.78, 5) is 25.0. The zero-order valence-corrected chi connectivity index (χ0v) is 16.9. The molecule has 1 fully saturated rings. The van der Waals surface area contributed by atoms with E-state index < -0.39 is 4.92 Å².